The Morgan fingerprint density at radius 1 is 0.964 bits per heavy atom. The summed E-state index contributed by atoms with van der Waals surface area (Å²) in [6, 6.07) is 10.5. The van der Waals surface area contributed by atoms with Crippen molar-refractivity contribution >= 4 is 6.08 Å². The molecular weight excluding hydrogens is 344 g/mol. The van der Waals surface area contributed by atoms with E-state index >= 15 is 0 Å². The molecule has 4 aliphatic carbocycles. The molecule has 2 N–H and O–H groups in total. The largest absolute Gasteiger partial charge is 0.393 e. The van der Waals surface area contributed by atoms with Crippen molar-refractivity contribution in [2.24, 2.45) is 28.6 Å². The Kier molecular flexibility index (Phi) is 4.37. The van der Waals surface area contributed by atoms with Crippen molar-refractivity contribution in [2.45, 2.75) is 71.0 Å². The molecule has 0 bridgehead atoms. The van der Waals surface area contributed by atoms with E-state index in [1.54, 1.807) is 0 Å². The summed E-state index contributed by atoms with van der Waals surface area (Å²) in [4.78, 5) is 0. The summed E-state index contributed by atoms with van der Waals surface area (Å²) < 4.78 is 0. The van der Waals surface area contributed by atoms with Gasteiger partial charge in [-0.25, -0.2) is 0 Å². The summed E-state index contributed by atoms with van der Waals surface area (Å²) in [6.45, 7) is 4.81. The van der Waals surface area contributed by atoms with Gasteiger partial charge in [-0.05, 0) is 79.3 Å². The number of aliphatic hydroxyl groups is 2. The molecule has 0 saturated heterocycles. The van der Waals surface area contributed by atoms with Crippen molar-refractivity contribution in [1.29, 1.82) is 0 Å². The molecule has 2 heteroatoms. The molecule has 150 valence electrons. The van der Waals surface area contributed by atoms with E-state index in [9.17, 15) is 10.2 Å². The van der Waals surface area contributed by atoms with Gasteiger partial charge >= 0.3 is 0 Å². The van der Waals surface area contributed by atoms with Crippen molar-refractivity contribution in [3.8, 4) is 0 Å². The second kappa shape index (κ2) is 6.57. The zero-order chi connectivity index (χ0) is 19.5. The summed E-state index contributed by atoms with van der Waals surface area (Å²) in [5.74, 6) is 1.94. The van der Waals surface area contributed by atoms with E-state index in [0.29, 0.717) is 17.8 Å². The third-order valence-electron chi connectivity index (χ3n) is 9.10. The fourth-order valence-corrected chi connectivity index (χ4v) is 7.40. The lowest BCUT2D eigenvalue weighted by atomic mass is 9.48. The molecule has 2 nitrogen and oxygen atoms in total. The van der Waals surface area contributed by atoms with E-state index in [1.165, 1.54) is 23.1 Å². The van der Waals surface area contributed by atoms with Crippen LogP contribution in [-0.2, 0) is 0 Å². The first-order valence-electron chi connectivity index (χ1n) is 11.2. The van der Waals surface area contributed by atoms with Crippen LogP contribution in [0.3, 0.4) is 0 Å². The second-order valence-electron chi connectivity index (χ2n) is 10.4. The van der Waals surface area contributed by atoms with Crippen molar-refractivity contribution in [3.05, 3.63) is 53.1 Å². The topological polar surface area (TPSA) is 40.5 Å². The van der Waals surface area contributed by atoms with Crippen molar-refractivity contribution in [1.82, 2.24) is 0 Å². The standard InChI is InChI=1S/C26H34O2/c1-25-12-10-20(27)16-19(25)8-9-21-22(25)11-13-26(2)23(21)15-18(24(26)28)14-17-6-4-3-5-7-17/h3-8,14,20-24,27-28H,9-13,15-16H2,1-2H3/t20-,21+,22-,23-,24-,25-,26-/m0/s1. The van der Waals surface area contributed by atoms with E-state index in [2.05, 4.69) is 50.3 Å². The quantitative estimate of drug-likeness (QED) is 0.646. The molecule has 3 saturated carbocycles. The fraction of sp³-hybridized carbons (Fsp3) is 0.615. The van der Waals surface area contributed by atoms with Gasteiger partial charge in [0, 0.05) is 5.41 Å². The van der Waals surface area contributed by atoms with Gasteiger partial charge in [0.05, 0.1) is 12.2 Å². The minimum atomic E-state index is -0.315. The molecular formula is C26H34O2. The summed E-state index contributed by atoms with van der Waals surface area (Å²) in [6.07, 6.45) is 11.7. The molecule has 0 heterocycles. The van der Waals surface area contributed by atoms with Gasteiger partial charge in [-0.15, -0.1) is 0 Å². The highest BCUT2D eigenvalue weighted by Gasteiger charge is 2.59. The Hall–Kier alpha value is -1.38. The smallest absolute Gasteiger partial charge is 0.0809 e. The fourth-order valence-electron chi connectivity index (χ4n) is 7.40. The highest BCUT2D eigenvalue weighted by Crippen LogP contribution is 2.65. The molecule has 5 rings (SSSR count). The summed E-state index contributed by atoms with van der Waals surface area (Å²) in [5.41, 5.74) is 4.24. The molecule has 0 spiro atoms. The van der Waals surface area contributed by atoms with Crippen LogP contribution < -0.4 is 0 Å². The average Bonchev–Trinajstić information content (AvgIpc) is 2.94. The van der Waals surface area contributed by atoms with Gasteiger partial charge in [0.15, 0.2) is 0 Å². The molecule has 0 aliphatic heterocycles. The van der Waals surface area contributed by atoms with Crippen LogP contribution in [0.1, 0.15) is 64.4 Å². The minimum Gasteiger partial charge on any atom is -0.393 e. The lowest BCUT2D eigenvalue weighted by Crippen LogP contribution is -2.51. The molecule has 3 fully saturated rings. The van der Waals surface area contributed by atoms with Crippen LogP contribution in [0.4, 0.5) is 0 Å². The van der Waals surface area contributed by atoms with Crippen LogP contribution in [0.25, 0.3) is 6.08 Å². The highest BCUT2D eigenvalue weighted by atomic mass is 16.3. The van der Waals surface area contributed by atoms with Gasteiger partial charge in [-0.3, -0.25) is 0 Å². The molecule has 0 radical (unpaired) electrons. The zero-order valence-electron chi connectivity index (χ0n) is 17.3. The third kappa shape index (κ3) is 2.68. The van der Waals surface area contributed by atoms with Gasteiger partial charge in [-0.1, -0.05) is 61.9 Å². The van der Waals surface area contributed by atoms with E-state index < -0.39 is 0 Å². The predicted octanol–water partition coefficient (Wildman–Crippen LogP) is 5.36. The Morgan fingerprint density at radius 2 is 1.75 bits per heavy atom. The monoisotopic (exact) mass is 378 g/mol. The van der Waals surface area contributed by atoms with Gasteiger partial charge in [0.2, 0.25) is 0 Å². The maximum Gasteiger partial charge on any atom is 0.0809 e. The number of allylic oxidation sites excluding steroid dienone is 1. The summed E-state index contributed by atoms with van der Waals surface area (Å²) in [7, 11) is 0. The Bertz CT molecular complexity index is 809. The van der Waals surface area contributed by atoms with Crippen LogP contribution >= 0.6 is 0 Å². The SMILES string of the molecule is C[C@]12CC[C@H]3[C@@H](CC=C4C[C@@H](O)CC[C@@]43C)[C@@H]1CC(=Cc1ccccc1)[C@@H]2O. The van der Waals surface area contributed by atoms with Crippen LogP contribution in [0, 0.1) is 28.6 Å². The van der Waals surface area contributed by atoms with Crippen molar-refractivity contribution in [2.75, 3.05) is 0 Å². The van der Waals surface area contributed by atoms with Crippen molar-refractivity contribution < 1.29 is 10.2 Å². The molecule has 0 amide bonds. The van der Waals surface area contributed by atoms with E-state index in [0.717, 1.165) is 38.5 Å². The number of benzene rings is 1. The third-order valence-corrected chi connectivity index (χ3v) is 9.10. The molecule has 0 unspecified atom stereocenters. The van der Waals surface area contributed by atoms with E-state index in [4.69, 9.17) is 0 Å². The van der Waals surface area contributed by atoms with E-state index in [-0.39, 0.29) is 23.0 Å². The summed E-state index contributed by atoms with van der Waals surface area (Å²) in [5, 5.41) is 21.5. The molecule has 1 aromatic carbocycles. The molecule has 1 aromatic rings. The molecule has 7 atom stereocenters. The van der Waals surface area contributed by atoms with Gasteiger partial charge in [0.1, 0.15) is 0 Å². The van der Waals surface area contributed by atoms with Crippen LogP contribution in [-0.4, -0.2) is 22.4 Å². The first kappa shape index (κ1) is 18.6. The van der Waals surface area contributed by atoms with Gasteiger partial charge in [0.25, 0.3) is 0 Å². The maximum atomic E-state index is 11.3. The number of fused-ring (bicyclic) bond motifs is 5. The van der Waals surface area contributed by atoms with Crippen molar-refractivity contribution in [3.63, 3.8) is 0 Å². The number of rotatable bonds is 1. The average molecular weight is 379 g/mol. The first-order valence-corrected chi connectivity index (χ1v) is 11.2. The number of aliphatic hydroxyl groups excluding tert-OH is 2. The Morgan fingerprint density at radius 3 is 2.54 bits per heavy atom. The predicted molar refractivity (Wildman–Crippen MR) is 114 cm³/mol. The normalized spacial score (nSPS) is 46.5. The number of hydrogen-bond donors (Lipinski definition) is 2. The van der Waals surface area contributed by atoms with Crippen LogP contribution in [0.15, 0.2) is 47.6 Å². The molecule has 4 aliphatic rings. The lowest BCUT2D eigenvalue weighted by Gasteiger charge is -2.57. The summed E-state index contributed by atoms with van der Waals surface area (Å²) >= 11 is 0. The zero-order valence-corrected chi connectivity index (χ0v) is 17.3. The van der Waals surface area contributed by atoms with Crippen LogP contribution in [0.2, 0.25) is 0 Å². The molecule has 0 aromatic heterocycles. The maximum absolute atomic E-state index is 11.3. The number of hydrogen-bond acceptors (Lipinski definition) is 2. The Balaban J connectivity index is 1.47. The Labute approximate surface area is 169 Å². The highest BCUT2D eigenvalue weighted by molar-refractivity contribution is 5.55. The van der Waals surface area contributed by atoms with E-state index in [1.807, 2.05) is 6.07 Å². The second-order valence-corrected chi connectivity index (χ2v) is 10.4. The van der Waals surface area contributed by atoms with Gasteiger partial charge in [-0.2, -0.15) is 0 Å². The molecule has 28 heavy (non-hydrogen) atoms. The van der Waals surface area contributed by atoms with Gasteiger partial charge < -0.3 is 10.2 Å². The minimum absolute atomic E-state index is 0.0116. The van der Waals surface area contributed by atoms with Crippen LogP contribution in [0.5, 0.6) is 0 Å². The lowest BCUT2D eigenvalue weighted by molar-refractivity contribution is -0.0685. The first-order chi connectivity index (χ1) is 13.4.